The minimum absolute atomic E-state index is 0.0387. The van der Waals surface area contributed by atoms with E-state index in [1.54, 1.807) is 18.2 Å². The van der Waals surface area contributed by atoms with Crippen LogP contribution >= 0.6 is 0 Å². The Morgan fingerprint density at radius 1 is 1.28 bits per heavy atom. The van der Waals surface area contributed by atoms with Gasteiger partial charge in [0.1, 0.15) is 22.4 Å². The number of alkyl halides is 2. The van der Waals surface area contributed by atoms with Crippen molar-refractivity contribution < 1.29 is 26.7 Å². The van der Waals surface area contributed by atoms with E-state index in [0.717, 1.165) is 12.3 Å². The number of halogens is 2. The average Bonchev–Trinajstić information content (AvgIpc) is 2.59. The number of amides is 1. The molecule has 1 aromatic carbocycles. The van der Waals surface area contributed by atoms with Crippen LogP contribution in [0.4, 0.5) is 8.78 Å². The summed E-state index contributed by atoms with van der Waals surface area (Å²) in [6.45, 7) is -0.0387. The van der Waals surface area contributed by atoms with Gasteiger partial charge in [0.15, 0.2) is 9.84 Å². The van der Waals surface area contributed by atoms with Gasteiger partial charge in [-0.2, -0.15) is 0 Å². The van der Waals surface area contributed by atoms with Gasteiger partial charge in [-0.3, -0.25) is 9.78 Å². The van der Waals surface area contributed by atoms with Gasteiger partial charge in [0.2, 0.25) is 0 Å². The maximum Gasteiger partial charge on any atom is 0.280 e. The van der Waals surface area contributed by atoms with Crippen LogP contribution in [0.1, 0.15) is 22.5 Å². The Hall–Kier alpha value is -2.55. The number of carbonyl (C=O) groups is 1. The molecule has 9 heteroatoms. The number of sulfone groups is 1. The summed E-state index contributed by atoms with van der Waals surface area (Å²) in [6.07, 6.45) is -2.40. The van der Waals surface area contributed by atoms with Gasteiger partial charge in [0.05, 0.1) is 17.9 Å². The van der Waals surface area contributed by atoms with E-state index in [1.165, 1.54) is 12.1 Å². The molecule has 0 saturated heterocycles. The lowest BCUT2D eigenvalue weighted by Gasteiger charge is -2.26. The van der Waals surface area contributed by atoms with Crippen LogP contribution in [0.25, 0.3) is 0 Å². The molecule has 1 amide bonds. The first-order valence-corrected chi connectivity index (χ1v) is 9.03. The van der Waals surface area contributed by atoms with Crippen LogP contribution in [-0.4, -0.2) is 37.7 Å². The lowest BCUT2D eigenvalue weighted by atomic mass is 10.2. The molecule has 0 saturated carbocycles. The van der Waals surface area contributed by atoms with E-state index in [-0.39, 0.29) is 28.5 Å². The maximum absolute atomic E-state index is 12.4. The first kappa shape index (κ1) is 17.3. The Kier molecular flexibility index (Phi) is 4.67. The zero-order valence-electron chi connectivity index (χ0n) is 12.9. The lowest BCUT2D eigenvalue weighted by molar-refractivity contribution is 0.0929. The monoisotopic (exact) mass is 368 g/mol. The van der Waals surface area contributed by atoms with Crippen molar-refractivity contribution in [3.63, 3.8) is 0 Å². The van der Waals surface area contributed by atoms with Crippen molar-refractivity contribution in [3.05, 3.63) is 53.9 Å². The largest absolute Gasteiger partial charge is 0.486 e. The summed E-state index contributed by atoms with van der Waals surface area (Å²) in [7, 11) is -3.49. The number of hydrogen-bond acceptors (Lipinski definition) is 5. The number of benzene rings is 1. The predicted octanol–water partition coefficient (Wildman–Crippen LogP) is 1.98. The molecule has 0 spiro atoms. The second-order valence-corrected chi connectivity index (χ2v) is 7.45. The van der Waals surface area contributed by atoms with Crippen LogP contribution in [0.3, 0.4) is 0 Å². The Labute approximate surface area is 142 Å². The highest BCUT2D eigenvalue weighted by atomic mass is 32.2. The summed E-state index contributed by atoms with van der Waals surface area (Å²) in [6, 6.07) is 8.59. The molecule has 0 aliphatic carbocycles. The van der Waals surface area contributed by atoms with Gasteiger partial charge in [0.25, 0.3) is 12.3 Å². The minimum atomic E-state index is -3.49. The van der Waals surface area contributed by atoms with Gasteiger partial charge in [0, 0.05) is 6.20 Å². The SMILES string of the molecule is O=C(NCC1CS(=O)(=O)c2ccccc2O1)c1ccc(C(F)F)nc1. The fraction of sp³-hybridized carbons (Fsp3) is 0.250. The van der Waals surface area contributed by atoms with Crippen LogP contribution in [0, 0.1) is 0 Å². The molecule has 1 aromatic heterocycles. The molecule has 1 aliphatic rings. The van der Waals surface area contributed by atoms with Gasteiger partial charge in [-0.05, 0) is 24.3 Å². The van der Waals surface area contributed by atoms with Gasteiger partial charge < -0.3 is 10.1 Å². The summed E-state index contributed by atoms with van der Waals surface area (Å²) in [4.78, 5) is 15.7. The summed E-state index contributed by atoms with van der Waals surface area (Å²) < 4.78 is 54.9. The molecule has 0 fully saturated rings. The molecular formula is C16H14F2N2O4S. The number of fused-ring (bicyclic) bond motifs is 1. The van der Waals surface area contributed by atoms with Crippen molar-refractivity contribution >= 4 is 15.7 Å². The zero-order chi connectivity index (χ0) is 18.0. The standard InChI is InChI=1S/C16H14F2N2O4S/c17-15(18)12-6-5-10(7-19-12)16(21)20-8-11-9-25(22,23)14-4-2-1-3-13(14)24-11/h1-7,11,15H,8-9H2,(H,20,21). The molecular weight excluding hydrogens is 354 g/mol. The number of nitrogens with one attached hydrogen (secondary N) is 1. The van der Waals surface area contributed by atoms with E-state index in [0.29, 0.717) is 0 Å². The van der Waals surface area contributed by atoms with Crippen molar-refractivity contribution in [1.29, 1.82) is 0 Å². The first-order chi connectivity index (χ1) is 11.9. The molecule has 3 rings (SSSR count). The number of carbonyl (C=O) groups excluding carboxylic acids is 1. The number of pyridine rings is 1. The number of hydrogen-bond donors (Lipinski definition) is 1. The summed E-state index contributed by atoms with van der Waals surface area (Å²) in [5.41, 5.74) is -0.321. The van der Waals surface area contributed by atoms with Gasteiger partial charge >= 0.3 is 0 Å². The minimum Gasteiger partial charge on any atom is -0.486 e. The molecule has 2 heterocycles. The third kappa shape index (κ3) is 3.76. The number of ether oxygens (including phenoxy) is 1. The summed E-state index contributed by atoms with van der Waals surface area (Å²) >= 11 is 0. The third-order valence-electron chi connectivity index (χ3n) is 3.65. The smallest absolute Gasteiger partial charge is 0.280 e. The molecule has 1 unspecified atom stereocenters. The molecule has 1 aliphatic heterocycles. The normalized spacial score (nSPS) is 18.3. The van der Waals surface area contributed by atoms with Crippen molar-refractivity contribution in [2.45, 2.75) is 17.4 Å². The Morgan fingerprint density at radius 2 is 2.04 bits per heavy atom. The van der Waals surface area contributed by atoms with Crippen LogP contribution in [-0.2, 0) is 9.84 Å². The molecule has 0 bridgehead atoms. The molecule has 1 N–H and O–H groups in total. The Bertz CT molecular complexity index is 885. The maximum atomic E-state index is 12.4. The molecule has 2 aromatic rings. The predicted molar refractivity (Wildman–Crippen MR) is 84.4 cm³/mol. The summed E-state index contributed by atoms with van der Waals surface area (Å²) in [5.74, 6) is -0.559. The highest BCUT2D eigenvalue weighted by Gasteiger charge is 2.31. The molecule has 1 atom stereocenters. The van der Waals surface area contributed by atoms with Crippen molar-refractivity contribution in [2.75, 3.05) is 12.3 Å². The zero-order valence-corrected chi connectivity index (χ0v) is 13.7. The third-order valence-corrected chi connectivity index (χ3v) is 5.46. The van der Waals surface area contributed by atoms with Crippen LogP contribution in [0.5, 0.6) is 5.75 Å². The quantitative estimate of drug-likeness (QED) is 0.892. The van der Waals surface area contributed by atoms with Crippen LogP contribution in [0.15, 0.2) is 47.5 Å². The van der Waals surface area contributed by atoms with Gasteiger partial charge in [-0.25, -0.2) is 17.2 Å². The Morgan fingerprint density at radius 3 is 2.72 bits per heavy atom. The van der Waals surface area contributed by atoms with Crippen LogP contribution < -0.4 is 10.1 Å². The van der Waals surface area contributed by atoms with E-state index in [4.69, 9.17) is 4.74 Å². The van der Waals surface area contributed by atoms with Crippen molar-refractivity contribution in [1.82, 2.24) is 10.3 Å². The second kappa shape index (κ2) is 6.75. The van der Waals surface area contributed by atoms with Crippen LogP contribution in [0.2, 0.25) is 0 Å². The summed E-state index contributed by atoms with van der Waals surface area (Å²) in [5, 5.41) is 2.53. The van der Waals surface area contributed by atoms with E-state index in [9.17, 15) is 22.0 Å². The fourth-order valence-electron chi connectivity index (χ4n) is 2.43. The van der Waals surface area contributed by atoms with Crippen molar-refractivity contribution in [2.24, 2.45) is 0 Å². The first-order valence-electron chi connectivity index (χ1n) is 7.37. The molecule has 25 heavy (non-hydrogen) atoms. The molecule has 6 nitrogen and oxygen atoms in total. The second-order valence-electron chi connectivity index (χ2n) is 5.45. The topological polar surface area (TPSA) is 85.4 Å². The number of aromatic nitrogens is 1. The fourth-order valence-corrected chi connectivity index (χ4v) is 3.99. The average molecular weight is 368 g/mol. The highest BCUT2D eigenvalue weighted by Crippen LogP contribution is 2.30. The Balaban J connectivity index is 1.65. The lowest BCUT2D eigenvalue weighted by Crippen LogP contribution is -2.42. The number of nitrogens with zero attached hydrogens (tertiary/aromatic N) is 1. The van der Waals surface area contributed by atoms with E-state index < -0.39 is 34.0 Å². The van der Waals surface area contributed by atoms with E-state index in [2.05, 4.69) is 10.3 Å². The van der Waals surface area contributed by atoms with Crippen molar-refractivity contribution in [3.8, 4) is 5.75 Å². The van der Waals surface area contributed by atoms with Gasteiger partial charge in [-0.15, -0.1) is 0 Å². The highest BCUT2D eigenvalue weighted by molar-refractivity contribution is 7.91. The van der Waals surface area contributed by atoms with E-state index in [1.807, 2.05) is 0 Å². The molecule has 132 valence electrons. The number of rotatable bonds is 4. The van der Waals surface area contributed by atoms with E-state index >= 15 is 0 Å². The molecule has 0 radical (unpaired) electrons. The van der Waals surface area contributed by atoms with Gasteiger partial charge in [-0.1, -0.05) is 12.1 Å². The number of para-hydroxylation sites is 1.